The summed E-state index contributed by atoms with van der Waals surface area (Å²) < 4.78 is 51.6. The molecule has 3 heterocycles. The van der Waals surface area contributed by atoms with Crippen LogP contribution in [0.5, 0.6) is 0 Å². The van der Waals surface area contributed by atoms with Crippen LogP contribution in [0.25, 0.3) is 28.2 Å². The van der Waals surface area contributed by atoms with Gasteiger partial charge in [-0.25, -0.2) is 0 Å². The van der Waals surface area contributed by atoms with Gasteiger partial charge in [0.05, 0.1) is 11.6 Å². The summed E-state index contributed by atoms with van der Waals surface area (Å²) in [5.74, 6) is -3.31. The first-order valence-electron chi connectivity index (χ1n) is 10.6. The molecule has 2 aromatic carbocycles. The van der Waals surface area contributed by atoms with E-state index in [2.05, 4.69) is 27.1 Å². The molecule has 5 aromatic rings. The predicted molar refractivity (Wildman–Crippen MR) is 130 cm³/mol. The van der Waals surface area contributed by atoms with E-state index in [1.54, 1.807) is 60.9 Å². The van der Waals surface area contributed by atoms with Crippen molar-refractivity contribution in [3.8, 4) is 22.5 Å². The average molecular weight is 694 g/mol. The number of nitrogens with zero attached hydrogens (tertiary/aromatic N) is 3. The molecule has 1 amide bonds. The zero-order chi connectivity index (χ0) is 26.6. The van der Waals surface area contributed by atoms with Crippen molar-refractivity contribution >= 4 is 5.91 Å². The monoisotopic (exact) mass is 694 g/mol. The van der Waals surface area contributed by atoms with E-state index in [9.17, 15) is 22.4 Å². The van der Waals surface area contributed by atoms with E-state index in [4.69, 9.17) is 5.73 Å². The first kappa shape index (κ1) is 30.0. The van der Waals surface area contributed by atoms with E-state index in [1.165, 1.54) is 12.3 Å². The Labute approximate surface area is 229 Å². The molecule has 0 saturated heterocycles. The minimum absolute atomic E-state index is 0. The van der Waals surface area contributed by atoms with Crippen LogP contribution in [0.2, 0.25) is 0 Å². The summed E-state index contributed by atoms with van der Waals surface area (Å²) >= 11 is 0. The molecule has 0 bridgehead atoms. The molecule has 38 heavy (non-hydrogen) atoms. The number of nitrogens with one attached hydrogen (secondary N) is 1. The maximum Gasteiger partial charge on any atom is 3.00 e. The number of halogens is 4. The maximum absolute atomic E-state index is 13.2. The van der Waals surface area contributed by atoms with Crippen LogP contribution in [0.1, 0.15) is 10.5 Å². The van der Waals surface area contributed by atoms with Crippen LogP contribution in [-0.2, 0) is 20.1 Å². The fourth-order valence-corrected chi connectivity index (χ4v) is 2.80. The molecule has 0 unspecified atom stereocenters. The van der Waals surface area contributed by atoms with E-state index in [0.717, 1.165) is 24.3 Å². The van der Waals surface area contributed by atoms with Crippen LogP contribution in [0.3, 0.4) is 0 Å². The summed E-state index contributed by atoms with van der Waals surface area (Å²) in [6.45, 7) is 0. The van der Waals surface area contributed by atoms with Crippen molar-refractivity contribution in [1.29, 1.82) is 0 Å². The molecule has 192 valence electrons. The van der Waals surface area contributed by atoms with Gasteiger partial charge < -0.3 is 20.5 Å². The van der Waals surface area contributed by atoms with Crippen molar-refractivity contribution in [2.24, 2.45) is 0 Å². The van der Waals surface area contributed by atoms with E-state index < -0.39 is 29.2 Å². The Morgan fingerprint density at radius 2 is 1.08 bits per heavy atom. The topological polar surface area (TPSA) is 79.5 Å². The smallest absolute Gasteiger partial charge is 0.662 e. The summed E-state index contributed by atoms with van der Waals surface area (Å²) in [6.07, 6.45) is 4.58. The van der Waals surface area contributed by atoms with E-state index in [1.807, 2.05) is 0 Å². The SMILES string of the molecule is Fc1c[c-]c(-c2ccccn2)c(F)c1.Fc1c[c-]c(-c2ccccn2)c(F)c1.[Ir+3].[NH-]C(=O)c1ccccn1. The second-order valence-electron chi connectivity index (χ2n) is 7.06. The molecular formula is C28H17F4IrN4O. The van der Waals surface area contributed by atoms with Crippen molar-refractivity contribution < 1.29 is 42.5 Å². The molecule has 5 rings (SSSR count). The Morgan fingerprint density at radius 1 is 0.658 bits per heavy atom. The minimum atomic E-state index is -0.740. The van der Waals surface area contributed by atoms with Gasteiger partial charge in [-0.05, 0) is 35.7 Å². The molecule has 0 aliphatic rings. The number of rotatable bonds is 3. The number of carbonyl (C=O) groups is 1. The minimum Gasteiger partial charge on any atom is -0.662 e. The zero-order valence-corrected chi connectivity index (χ0v) is 21.7. The van der Waals surface area contributed by atoms with Crippen LogP contribution in [0.4, 0.5) is 17.6 Å². The van der Waals surface area contributed by atoms with E-state index in [0.29, 0.717) is 11.4 Å². The molecule has 0 radical (unpaired) electrons. The van der Waals surface area contributed by atoms with Gasteiger partial charge in [0.2, 0.25) is 0 Å². The van der Waals surface area contributed by atoms with Crippen molar-refractivity contribution in [2.75, 3.05) is 0 Å². The first-order valence-corrected chi connectivity index (χ1v) is 10.6. The van der Waals surface area contributed by atoms with Crippen molar-refractivity contribution in [3.05, 3.63) is 144 Å². The average Bonchev–Trinajstić information content (AvgIpc) is 2.91. The van der Waals surface area contributed by atoms with Gasteiger partial charge in [-0.15, -0.1) is 24.3 Å². The summed E-state index contributed by atoms with van der Waals surface area (Å²) in [4.78, 5) is 21.8. The van der Waals surface area contributed by atoms with Gasteiger partial charge in [-0.3, -0.25) is 22.5 Å². The Kier molecular flexibility index (Phi) is 11.9. The second kappa shape index (κ2) is 15.1. The number of benzene rings is 2. The largest absolute Gasteiger partial charge is 3.00 e. The molecule has 0 aliphatic heterocycles. The Hall–Kier alpha value is -4.27. The third kappa shape index (κ3) is 8.99. The molecule has 5 nitrogen and oxygen atoms in total. The van der Waals surface area contributed by atoms with Crippen molar-refractivity contribution in [1.82, 2.24) is 15.0 Å². The molecule has 0 aliphatic carbocycles. The maximum atomic E-state index is 13.2. The number of hydrogen-bond acceptors (Lipinski definition) is 4. The predicted octanol–water partition coefficient (Wildman–Crippen LogP) is 6.93. The van der Waals surface area contributed by atoms with Crippen LogP contribution < -0.4 is 0 Å². The van der Waals surface area contributed by atoms with Gasteiger partial charge >= 0.3 is 20.1 Å². The number of pyridine rings is 3. The summed E-state index contributed by atoms with van der Waals surface area (Å²) in [5, 5.41) is 0. The second-order valence-corrected chi connectivity index (χ2v) is 7.06. The van der Waals surface area contributed by atoms with Crippen molar-refractivity contribution in [3.63, 3.8) is 0 Å². The van der Waals surface area contributed by atoms with Gasteiger partial charge in [0, 0.05) is 41.9 Å². The molecule has 0 saturated carbocycles. The normalized spacial score (nSPS) is 9.58. The van der Waals surface area contributed by atoms with Gasteiger partial charge in [0.1, 0.15) is 0 Å². The van der Waals surface area contributed by atoms with Crippen LogP contribution in [-0.4, -0.2) is 20.9 Å². The van der Waals surface area contributed by atoms with Gasteiger partial charge in [-0.1, -0.05) is 53.6 Å². The van der Waals surface area contributed by atoms with Gasteiger partial charge in [-0.2, -0.15) is 0 Å². The van der Waals surface area contributed by atoms with E-state index >= 15 is 0 Å². The molecule has 3 aromatic heterocycles. The number of aromatic nitrogens is 3. The van der Waals surface area contributed by atoms with Gasteiger partial charge in [0.15, 0.2) is 0 Å². The Morgan fingerprint density at radius 3 is 1.37 bits per heavy atom. The standard InChI is InChI=1S/2C11H6F2N.C6H6N2O.Ir/c2*12-8-4-5-9(10(13)7-8)11-3-1-2-6-14-11;7-6(9)5-3-1-2-4-8-5;/h2*1-4,6-7H;1-4H,(H2,7,9);/q2*-1;;+3/p-1. The summed E-state index contributed by atoms with van der Waals surface area (Å²) in [6, 6.07) is 23.9. The number of hydrogen-bond donors (Lipinski definition) is 0. The Bertz CT molecular complexity index is 1360. The van der Waals surface area contributed by atoms with Crippen LogP contribution in [0.15, 0.2) is 97.5 Å². The third-order valence-electron chi connectivity index (χ3n) is 4.46. The fraction of sp³-hybridized carbons (Fsp3) is 0. The number of amides is 1. The molecule has 10 heteroatoms. The van der Waals surface area contributed by atoms with Crippen LogP contribution in [0, 0.1) is 35.4 Å². The number of carbonyl (C=O) groups excluding carboxylic acids is 1. The van der Waals surface area contributed by atoms with E-state index in [-0.39, 0.29) is 36.9 Å². The first-order chi connectivity index (χ1) is 17.8. The van der Waals surface area contributed by atoms with Crippen LogP contribution >= 0.6 is 0 Å². The Balaban J connectivity index is 0.000000203. The summed E-state index contributed by atoms with van der Waals surface area (Å²) in [7, 11) is 0. The molecule has 1 N–H and O–H groups in total. The van der Waals surface area contributed by atoms with Gasteiger partial charge in [0.25, 0.3) is 0 Å². The zero-order valence-electron chi connectivity index (χ0n) is 19.3. The molecule has 0 spiro atoms. The molecule has 0 fully saturated rings. The molecular weight excluding hydrogens is 677 g/mol. The quantitative estimate of drug-likeness (QED) is 0.152. The molecule has 0 atom stereocenters. The summed E-state index contributed by atoms with van der Waals surface area (Å²) in [5.41, 5.74) is 8.08. The third-order valence-corrected chi connectivity index (χ3v) is 4.46. The fourth-order valence-electron chi connectivity index (χ4n) is 2.80. The van der Waals surface area contributed by atoms with Crippen molar-refractivity contribution in [2.45, 2.75) is 0 Å².